The van der Waals surface area contributed by atoms with Gasteiger partial charge in [-0.3, -0.25) is 0 Å². The lowest BCUT2D eigenvalue weighted by molar-refractivity contribution is 0.909. The third-order valence-corrected chi connectivity index (χ3v) is 2.12. The van der Waals surface area contributed by atoms with E-state index in [0.29, 0.717) is 0 Å². The molecule has 1 aliphatic rings. The summed E-state index contributed by atoms with van der Waals surface area (Å²) in [5.41, 5.74) is 2.51. The monoisotopic (exact) mass is 166 g/mol. The minimum atomic E-state index is 0.798. The smallest absolute Gasteiger partial charge is 0.0466 e. The van der Waals surface area contributed by atoms with Gasteiger partial charge < -0.3 is 5.32 Å². The average Bonchev–Trinajstić information content (AvgIpc) is 2.04. The zero-order valence-corrected chi connectivity index (χ0v) is 6.86. The molecule has 0 aromatic heterocycles. The van der Waals surface area contributed by atoms with Gasteiger partial charge in [0.05, 0.1) is 0 Å². The largest absolute Gasteiger partial charge is 0.380 e. The van der Waals surface area contributed by atoms with Crippen molar-refractivity contribution in [2.45, 2.75) is 12.8 Å². The number of rotatable bonds is 0. The maximum absolute atomic E-state index is 5.82. The van der Waals surface area contributed by atoms with E-state index < -0.39 is 0 Å². The predicted octanol–water partition coefficient (Wildman–Crippen LogP) is 2.86. The molecule has 0 amide bonds. The van der Waals surface area contributed by atoms with Crippen molar-refractivity contribution in [1.82, 2.24) is 0 Å². The van der Waals surface area contributed by atoms with Gasteiger partial charge >= 0.3 is 0 Å². The molecule has 1 aliphatic heterocycles. The van der Waals surface area contributed by atoms with Crippen molar-refractivity contribution in [3.63, 3.8) is 0 Å². The van der Waals surface area contributed by atoms with Gasteiger partial charge in [-0.15, -0.1) is 0 Å². The summed E-state index contributed by atoms with van der Waals surface area (Å²) in [6.45, 7) is 2.07. The Morgan fingerprint density at radius 2 is 2.27 bits per heavy atom. The van der Waals surface area contributed by atoms with E-state index in [2.05, 4.69) is 17.9 Å². The summed E-state index contributed by atoms with van der Waals surface area (Å²) in [4.78, 5) is 0. The summed E-state index contributed by atoms with van der Waals surface area (Å²) >= 11 is 5.82. The highest BCUT2D eigenvalue weighted by Gasteiger charge is 2.07. The first kappa shape index (κ1) is 6.99. The molecule has 0 atom stereocenters. The molecule has 0 saturated carbocycles. The fourth-order valence-electron chi connectivity index (χ4n) is 1.31. The first-order valence-electron chi connectivity index (χ1n) is 3.73. The minimum absolute atomic E-state index is 0.798. The van der Waals surface area contributed by atoms with Crippen LogP contribution in [0.3, 0.4) is 0 Å². The fourth-order valence-corrected chi connectivity index (χ4v) is 1.48. The summed E-state index contributed by atoms with van der Waals surface area (Å²) in [7, 11) is 0. The first-order chi connectivity index (χ1) is 5.36. The Hall–Kier alpha value is -0.690. The molecule has 0 bridgehead atoms. The fraction of sp³-hybridized carbons (Fsp3) is 0.222. The SMILES string of the molecule is Clc1ccc2c(c1)N[CH]CC2. The van der Waals surface area contributed by atoms with Gasteiger partial charge in [-0.25, -0.2) is 0 Å². The van der Waals surface area contributed by atoms with Gasteiger partial charge in [0.1, 0.15) is 0 Å². The van der Waals surface area contributed by atoms with E-state index in [9.17, 15) is 0 Å². The summed E-state index contributed by atoms with van der Waals surface area (Å²) in [5, 5.41) is 3.99. The Bertz CT molecular complexity index is 270. The van der Waals surface area contributed by atoms with Gasteiger partial charge in [0, 0.05) is 17.3 Å². The van der Waals surface area contributed by atoms with Crippen molar-refractivity contribution in [2.24, 2.45) is 0 Å². The Morgan fingerprint density at radius 3 is 3.18 bits per heavy atom. The van der Waals surface area contributed by atoms with Crippen LogP contribution in [-0.2, 0) is 6.42 Å². The molecule has 1 radical (unpaired) electrons. The number of nitrogens with one attached hydrogen (secondary N) is 1. The van der Waals surface area contributed by atoms with Gasteiger partial charge in [-0.1, -0.05) is 17.7 Å². The van der Waals surface area contributed by atoms with Gasteiger partial charge in [-0.05, 0) is 30.5 Å². The van der Waals surface area contributed by atoms with Crippen molar-refractivity contribution in [2.75, 3.05) is 5.32 Å². The van der Waals surface area contributed by atoms with E-state index in [0.717, 1.165) is 23.6 Å². The molecule has 0 fully saturated rings. The third kappa shape index (κ3) is 1.33. The van der Waals surface area contributed by atoms with E-state index in [4.69, 9.17) is 11.6 Å². The summed E-state index contributed by atoms with van der Waals surface area (Å²) in [6.07, 6.45) is 2.23. The molecule has 2 heteroatoms. The van der Waals surface area contributed by atoms with Crippen LogP contribution in [-0.4, -0.2) is 0 Å². The molecule has 1 N–H and O–H groups in total. The topological polar surface area (TPSA) is 12.0 Å². The Balaban J connectivity index is 2.43. The van der Waals surface area contributed by atoms with Crippen molar-refractivity contribution >= 4 is 17.3 Å². The number of benzene rings is 1. The third-order valence-electron chi connectivity index (χ3n) is 1.89. The average molecular weight is 167 g/mol. The zero-order chi connectivity index (χ0) is 7.68. The van der Waals surface area contributed by atoms with Gasteiger partial charge in [-0.2, -0.15) is 0 Å². The number of anilines is 1. The summed E-state index contributed by atoms with van der Waals surface area (Å²) < 4.78 is 0. The van der Waals surface area contributed by atoms with Gasteiger partial charge in [0.2, 0.25) is 0 Å². The molecule has 0 aliphatic carbocycles. The van der Waals surface area contributed by atoms with Gasteiger partial charge in [0.15, 0.2) is 0 Å². The van der Waals surface area contributed by atoms with Crippen molar-refractivity contribution in [3.8, 4) is 0 Å². The lowest BCUT2D eigenvalue weighted by Gasteiger charge is -2.16. The van der Waals surface area contributed by atoms with Crippen molar-refractivity contribution in [3.05, 3.63) is 35.3 Å². The molecule has 1 aromatic carbocycles. The summed E-state index contributed by atoms with van der Waals surface area (Å²) in [5.74, 6) is 0. The molecule has 11 heavy (non-hydrogen) atoms. The maximum Gasteiger partial charge on any atom is 0.0466 e. The number of hydrogen-bond acceptors (Lipinski definition) is 1. The van der Waals surface area contributed by atoms with E-state index in [-0.39, 0.29) is 0 Å². The van der Waals surface area contributed by atoms with Crippen LogP contribution < -0.4 is 5.32 Å². The zero-order valence-electron chi connectivity index (χ0n) is 6.10. The first-order valence-corrected chi connectivity index (χ1v) is 4.11. The van der Waals surface area contributed by atoms with E-state index in [1.807, 2.05) is 12.1 Å². The lowest BCUT2D eigenvalue weighted by Crippen LogP contribution is -2.06. The van der Waals surface area contributed by atoms with Crippen LogP contribution in [0.15, 0.2) is 18.2 Å². The number of fused-ring (bicyclic) bond motifs is 1. The second-order valence-electron chi connectivity index (χ2n) is 2.69. The standard InChI is InChI=1S/C9H9ClN/c10-8-4-3-7-2-1-5-11-9(7)6-8/h3-6,11H,1-2H2. The van der Waals surface area contributed by atoms with E-state index in [1.54, 1.807) is 0 Å². The van der Waals surface area contributed by atoms with Crippen LogP contribution in [0, 0.1) is 6.54 Å². The van der Waals surface area contributed by atoms with E-state index >= 15 is 0 Å². The molecule has 2 rings (SSSR count). The molecule has 1 aromatic rings. The molecule has 1 nitrogen and oxygen atoms in total. The highest BCUT2D eigenvalue weighted by Crippen LogP contribution is 2.26. The predicted molar refractivity (Wildman–Crippen MR) is 47.7 cm³/mol. The quantitative estimate of drug-likeness (QED) is 0.625. The molecule has 0 unspecified atom stereocenters. The van der Waals surface area contributed by atoms with Crippen LogP contribution in [0.25, 0.3) is 0 Å². The van der Waals surface area contributed by atoms with Crippen molar-refractivity contribution in [1.29, 1.82) is 0 Å². The lowest BCUT2D eigenvalue weighted by atomic mass is 10.0. The van der Waals surface area contributed by atoms with Crippen LogP contribution in [0.2, 0.25) is 5.02 Å². The number of aryl methyl sites for hydroxylation is 1. The van der Waals surface area contributed by atoms with Crippen LogP contribution in [0.1, 0.15) is 12.0 Å². The minimum Gasteiger partial charge on any atom is -0.380 e. The molecule has 1 heterocycles. The van der Waals surface area contributed by atoms with Crippen LogP contribution in [0.5, 0.6) is 0 Å². The van der Waals surface area contributed by atoms with Crippen LogP contribution in [0.4, 0.5) is 5.69 Å². The second kappa shape index (κ2) is 2.74. The highest BCUT2D eigenvalue weighted by molar-refractivity contribution is 6.30. The number of halogens is 1. The Morgan fingerprint density at radius 1 is 1.36 bits per heavy atom. The number of hydrogen-bond donors (Lipinski definition) is 1. The second-order valence-corrected chi connectivity index (χ2v) is 3.13. The molecule has 57 valence electrons. The molecule has 0 spiro atoms. The van der Waals surface area contributed by atoms with E-state index in [1.165, 1.54) is 5.56 Å². The molecule has 0 saturated heterocycles. The molecular formula is C9H9ClN. The highest BCUT2D eigenvalue weighted by atomic mass is 35.5. The molecular weight excluding hydrogens is 158 g/mol. The normalized spacial score (nSPS) is 15.4. The van der Waals surface area contributed by atoms with Crippen molar-refractivity contribution < 1.29 is 0 Å². The van der Waals surface area contributed by atoms with Gasteiger partial charge in [0.25, 0.3) is 0 Å². The Labute approximate surface area is 71.4 Å². The maximum atomic E-state index is 5.82. The Kier molecular flexibility index (Phi) is 1.74. The summed E-state index contributed by atoms with van der Waals surface area (Å²) in [6, 6.07) is 5.98. The van der Waals surface area contributed by atoms with Crippen LogP contribution >= 0.6 is 11.6 Å².